The Kier molecular flexibility index (Phi) is 8.14. The summed E-state index contributed by atoms with van der Waals surface area (Å²) in [5.41, 5.74) is 1.43. The lowest BCUT2D eigenvalue weighted by molar-refractivity contribution is -0.124. The summed E-state index contributed by atoms with van der Waals surface area (Å²) in [4.78, 5) is 35.4. The average molecular weight is 401 g/mol. The fraction of sp³-hybridized carbons (Fsp3) is 0.286. The lowest BCUT2D eigenvalue weighted by Gasteiger charge is -2.10. The maximum absolute atomic E-state index is 13.5. The van der Waals surface area contributed by atoms with Gasteiger partial charge in [0.05, 0.1) is 5.56 Å². The molecule has 0 saturated heterocycles. The molecule has 0 spiro atoms. The van der Waals surface area contributed by atoms with E-state index in [0.717, 1.165) is 5.56 Å². The highest BCUT2D eigenvalue weighted by Crippen LogP contribution is 2.07. The van der Waals surface area contributed by atoms with Gasteiger partial charge in [-0.3, -0.25) is 4.79 Å². The van der Waals surface area contributed by atoms with Gasteiger partial charge in [-0.2, -0.15) is 0 Å². The van der Waals surface area contributed by atoms with E-state index in [1.165, 1.54) is 6.07 Å². The van der Waals surface area contributed by atoms with Crippen LogP contribution in [0.15, 0.2) is 48.5 Å². The van der Waals surface area contributed by atoms with Crippen LogP contribution in [0.5, 0.6) is 0 Å². The van der Waals surface area contributed by atoms with E-state index in [4.69, 9.17) is 4.74 Å². The summed E-state index contributed by atoms with van der Waals surface area (Å²) in [6.07, 6.45) is 0. The summed E-state index contributed by atoms with van der Waals surface area (Å²) >= 11 is 0. The summed E-state index contributed by atoms with van der Waals surface area (Å²) in [6.45, 7) is 3.58. The molecule has 0 saturated carbocycles. The molecule has 0 heterocycles. The zero-order chi connectivity index (χ0) is 21.2. The number of amides is 3. The van der Waals surface area contributed by atoms with Crippen LogP contribution in [0, 0.1) is 5.82 Å². The first-order valence-corrected chi connectivity index (χ1v) is 9.15. The van der Waals surface area contributed by atoms with Gasteiger partial charge < -0.3 is 20.7 Å². The fourth-order valence-electron chi connectivity index (χ4n) is 2.36. The van der Waals surface area contributed by atoms with Crippen LogP contribution in [-0.2, 0) is 22.6 Å². The van der Waals surface area contributed by atoms with Gasteiger partial charge in [0.25, 0.3) is 5.91 Å². The molecule has 0 aromatic heterocycles. The molecule has 29 heavy (non-hydrogen) atoms. The van der Waals surface area contributed by atoms with Crippen molar-refractivity contribution in [2.75, 3.05) is 6.61 Å². The number of nitrogens with one attached hydrogen (secondary N) is 3. The van der Waals surface area contributed by atoms with Crippen LogP contribution >= 0.6 is 0 Å². The second-order valence-electron chi connectivity index (χ2n) is 6.62. The second-order valence-corrected chi connectivity index (χ2v) is 6.62. The number of benzene rings is 2. The van der Waals surface area contributed by atoms with Crippen molar-refractivity contribution in [3.05, 3.63) is 71.0 Å². The molecule has 0 atom stereocenters. The molecule has 0 fully saturated rings. The number of carbonyl (C=O) groups is 3. The van der Waals surface area contributed by atoms with E-state index >= 15 is 0 Å². The van der Waals surface area contributed by atoms with E-state index in [1.807, 2.05) is 13.8 Å². The van der Waals surface area contributed by atoms with E-state index < -0.39 is 24.3 Å². The van der Waals surface area contributed by atoms with E-state index in [9.17, 15) is 18.8 Å². The molecule has 3 N–H and O–H groups in total. The third-order valence-electron chi connectivity index (χ3n) is 3.83. The summed E-state index contributed by atoms with van der Waals surface area (Å²) in [5.74, 6) is -1.59. The second kappa shape index (κ2) is 10.8. The van der Waals surface area contributed by atoms with Crippen LogP contribution in [0.3, 0.4) is 0 Å². The topological polar surface area (TPSA) is 96.5 Å². The van der Waals surface area contributed by atoms with Crippen molar-refractivity contribution in [2.24, 2.45) is 0 Å². The number of urea groups is 1. The van der Waals surface area contributed by atoms with Gasteiger partial charge in [-0.25, -0.2) is 14.0 Å². The van der Waals surface area contributed by atoms with Gasteiger partial charge in [0.2, 0.25) is 0 Å². The van der Waals surface area contributed by atoms with Gasteiger partial charge in [-0.05, 0) is 37.6 Å². The number of hydrogen-bond donors (Lipinski definition) is 3. The first kappa shape index (κ1) is 21.9. The van der Waals surface area contributed by atoms with Gasteiger partial charge in [0.15, 0.2) is 6.61 Å². The highest BCUT2D eigenvalue weighted by atomic mass is 19.1. The number of carbonyl (C=O) groups excluding carboxylic acids is 3. The number of rotatable bonds is 8. The molecule has 2 rings (SSSR count). The monoisotopic (exact) mass is 401 g/mol. The number of hydrogen-bond acceptors (Lipinski definition) is 4. The summed E-state index contributed by atoms with van der Waals surface area (Å²) in [7, 11) is 0. The van der Waals surface area contributed by atoms with E-state index in [-0.39, 0.29) is 24.2 Å². The smallest absolute Gasteiger partial charge is 0.338 e. The fourth-order valence-corrected chi connectivity index (χ4v) is 2.36. The average Bonchev–Trinajstić information content (AvgIpc) is 2.69. The molecule has 154 valence electrons. The molecule has 8 heteroatoms. The normalized spacial score (nSPS) is 10.3. The maximum Gasteiger partial charge on any atom is 0.338 e. The van der Waals surface area contributed by atoms with Crippen molar-refractivity contribution in [1.82, 2.24) is 16.0 Å². The number of halogens is 1. The van der Waals surface area contributed by atoms with Crippen molar-refractivity contribution in [3.63, 3.8) is 0 Å². The maximum atomic E-state index is 13.5. The van der Waals surface area contributed by atoms with Gasteiger partial charge in [-0.1, -0.05) is 30.3 Å². The molecular weight excluding hydrogens is 377 g/mol. The molecule has 0 aliphatic heterocycles. The Hall–Kier alpha value is -3.42. The first-order valence-electron chi connectivity index (χ1n) is 9.15. The standard InChI is InChI=1S/C21H24FN3O4/c1-14(2)25-21(28)24-11-15-7-9-16(10-8-15)20(27)29-13-19(26)23-12-17-5-3-4-6-18(17)22/h3-10,14H,11-13H2,1-2H3,(H,23,26)(H2,24,25,28). The predicted molar refractivity (Wildman–Crippen MR) is 105 cm³/mol. The molecule has 2 aromatic rings. The number of ether oxygens (including phenoxy) is 1. The molecule has 2 aromatic carbocycles. The zero-order valence-corrected chi connectivity index (χ0v) is 16.3. The largest absolute Gasteiger partial charge is 0.452 e. The Labute approximate surface area is 168 Å². The van der Waals surface area contributed by atoms with Crippen LogP contribution < -0.4 is 16.0 Å². The quantitative estimate of drug-likeness (QED) is 0.592. The van der Waals surface area contributed by atoms with Crippen LogP contribution in [0.2, 0.25) is 0 Å². The minimum Gasteiger partial charge on any atom is -0.452 e. The Morgan fingerprint density at radius 1 is 0.966 bits per heavy atom. The van der Waals surface area contributed by atoms with E-state index in [2.05, 4.69) is 16.0 Å². The number of esters is 1. The van der Waals surface area contributed by atoms with Crippen LogP contribution in [0.4, 0.5) is 9.18 Å². The highest BCUT2D eigenvalue weighted by Gasteiger charge is 2.11. The van der Waals surface area contributed by atoms with Crippen LogP contribution in [-0.4, -0.2) is 30.6 Å². The summed E-state index contributed by atoms with van der Waals surface area (Å²) < 4.78 is 18.5. The third kappa shape index (κ3) is 7.61. The Balaban J connectivity index is 1.75. The molecule has 7 nitrogen and oxygen atoms in total. The molecule has 0 aliphatic carbocycles. The summed E-state index contributed by atoms with van der Waals surface area (Å²) in [5, 5.41) is 7.91. The molecular formula is C21H24FN3O4. The Morgan fingerprint density at radius 3 is 2.31 bits per heavy atom. The molecule has 0 bridgehead atoms. The van der Waals surface area contributed by atoms with Crippen molar-refractivity contribution >= 4 is 17.9 Å². The Morgan fingerprint density at radius 2 is 1.66 bits per heavy atom. The van der Waals surface area contributed by atoms with Crippen LogP contribution in [0.25, 0.3) is 0 Å². The van der Waals surface area contributed by atoms with Gasteiger partial charge in [0, 0.05) is 24.7 Å². The Bertz CT molecular complexity index is 853. The first-order chi connectivity index (χ1) is 13.8. The minimum atomic E-state index is -0.650. The van der Waals surface area contributed by atoms with Gasteiger partial charge in [-0.15, -0.1) is 0 Å². The molecule has 0 aliphatic rings. The third-order valence-corrected chi connectivity index (χ3v) is 3.83. The highest BCUT2D eigenvalue weighted by molar-refractivity contribution is 5.91. The van der Waals surface area contributed by atoms with E-state index in [1.54, 1.807) is 42.5 Å². The molecule has 0 unspecified atom stereocenters. The van der Waals surface area contributed by atoms with Gasteiger partial charge in [0.1, 0.15) is 5.82 Å². The van der Waals surface area contributed by atoms with Crippen molar-refractivity contribution in [2.45, 2.75) is 33.0 Å². The predicted octanol–water partition coefficient (Wildman–Crippen LogP) is 2.51. The van der Waals surface area contributed by atoms with Crippen LogP contribution in [0.1, 0.15) is 35.3 Å². The molecule has 0 radical (unpaired) electrons. The lowest BCUT2D eigenvalue weighted by Crippen LogP contribution is -2.39. The van der Waals surface area contributed by atoms with Crippen molar-refractivity contribution < 1.29 is 23.5 Å². The summed E-state index contributed by atoms with van der Waals surface area (Å²) in [6, 6.07) is 12.3. The lowest BCUT2D eigenvalue weighted by atomic mass is 10.1. The van der Waals surface area contributed by atoms with Crippen molar-refractivity contribution in [1.29, 1.82) is 0 Å². The van der Waals surface area contributed by atoms with E-state index in [0.29, 0.717) is 12.1 Å². The molecule has 3 amide bonds. The zero-order valence-electron chi connectivity index (χ0n) is 16.3. The van der Waals surface area contributed by atoms with Gasteiger partial charge >= 0.3 is 12.0 Å². The van der Waals surface area contributed by atoms with Crippen molar-refractivity contribution in [3.8, 4) is 0 Å². The minimum absolute atomic E-state index is 0.00907. The SMILES string of the molecule is CC(C)NC(=O)NCc1ccc(C(=O)OCC(=O)NCc2ccccc2F)cc1.